The molecule has 0 aliphatic heterocycles. The number of hydrogen-bond donors (Lipinski definition) is 1. The van der Waals surface area contributed by atoms with Gasteiger partial charge in [0, 0.05) is 11.8 Å². The summed E-state index contributed by atoms with van der Waals surface area (Å²) in [5.41, 5.74) is 6.72. The SMILES string of the molecule is C[Si](C)(C)Oc1cc(N)ccc1C(=O)Oc1ccccc1. The van der Waals surface area contributed by atoms with E-state index in [-0.39, 0.29) is 0 Å². The zero-order valence-corrected chi connectivity index (χ0v) is 13.4. The quantitative estimate of drug-likeness (QED) is 0.405. The van der Waals surface area contributed by atoms with E-state index in [2.05, 4.69) is 0 Å². The van der Waals surface area contributed by atoms with Gasteiger partial charge in [-0.3, -0.25) is 0 Å². The number of ether oxygens (including phenoxy) is 1. The van der Waals surface area contributed by atoms with Gasteiger partial charge in [-0.25, -0.2) is 4.79 Å². The number of carbonyl (C=O) groups excluding carboxylic acids is 1. The maximum absolute atomic E-state index is 12.3. The molecule has 0 atom stereocenters. The summed E-state index contributed by atoms with van der Waals surface area (Å²) in [5.74, 6) is 0.530. The number of esters is 1. The van der Waals surface area contributed by atoms with Crippen LogP contribution in [0.5, 0.6) is 11.5 Å². The van der Waals surface area contributed by atoms with Crippen molar-refractivity contribution in [1.29, 1.82) is 0 Å². The van der Waals surface area contributed by atoms with Crippen LogP contribution in [0.3, 0.4) is 0 Å². The van der Waals surface area contributed by atoms with E-state index in [1.807, 2.05) is 37.8 Å². The molecule has 0 aromatic heterocycles. The lowest BCUT2D eigenvalue weighted by molar-refractivity contribution is 0.0733. The van der Waals surface area contributed by atoms with Gasteiger partial charge in [-0.1, -0.05) is 18.2 Å². The Balaban J connectivity index is 2.28. The molecule has 0 unspecified atom stereocenters. The fourth-order valence-electron chi connectivity index (χ4n) is 1.77. The largest absolute Gasteiger partial charge is 0.544 e. The Labute approximate surface area is 125 Å². The predicted octanol–water partition coefficient (Wildman–Crippen LogP) is 3.70. The van der Waals surface area contributed by atoms with Crippen LogP contribution < -0.4 is 14.9 Å². The fraction of sp³-hybridized carbons (Fsp3) is 0.188. The molecule has 2 N–H and O–H groups in total. The van der Waals surface area contributed by atoms with Gasteiger partial charge in [0.15, 0.2) is 0 Å². The third-order valence-corrected chi connectivity index (χ3v) is 3.43. The van der Waals surface area contributed by atoms with Crippen molar-refractivity contribution in [3.8, 4) is 11.5 Å². The van der Waals surface area contributed by atoms with E-state index < -0.39 is 14.3 Å². The molecule has 0 spiro atoms. The Morgan fingerprint density at radius 3 is 2.33 bits per heavy atom. The average molecular weight is 301 g/mol. The third kappa shape index (κ3) is 4.36. The number of hydrogen-bond acceptors (Lipinski definition) is 4. The highest BCUT2D eigenvalue weighted by Crippen LogP contribution is 2.26. The minimum Gasteiger partial charge on any atom is -0.544 e. The summed E-state index contributed by atoms with van der Waals surface area (Å²) in [7, 11) is -1.85. The smallest absolute Gasteiger partial charge is 0.347 e. The van der Waals surface area contributed by atoms with Gasteiger partial charge in [-0.15, -0.1) is 0 Å². The second kappa shape index (κ2) is 6.01. The number of anilines is 1. The summed E-state index contributed by atoms with van der Waals surface area (Å²) in [6.45, 7) is 6.13. The molecule has 0 amide bonds. The first-order valence-corrected chi connectivity index (χ1v) is 10.1. The van der Waals surface area contributed by atoms with E-state index in [1.165, 1.54) is 0 Å². The fourth-order valence-corrected chi connectivity index (χ4v) is 2.60. The van der Waals surface area contributed by atoms with E-state index in [0.29, 0.717) is 22.7 Å². The van der Waals surface area contributed by atoms with Crippen LogP contribution in [0, 0.1) is 0 Å². The molecule has 5 heteroatoms. The molecular weight excluding hydrogens is 282 g/mol. The van der Waals surface area contributed by atoms with Gasteiger partial charge in [0.25, 0.3) is 0 Å². The van der Waals surface area contributed by atoms with Gasteiger partial charge >= 0.3 is 5.97 Å². The zero-order chi connectivity index (χ0) is 15.5. The molecule has 0 radical (unpaired) electrons. The minimum atomic E-state index is -1.85. The van der Waals surface area contributed by atoms with Crippen LogP contribution in [-0.2, 0) is 0 Å². The first-order valence-electron chi connectivity index (χ1n) is 6.71. The monoisotopic (exact) mass is 301 g/mol. The van der Waals surface area contributed by atoms with Gasteiger partial charge in [-0.05, 0) is 43.9 Å². The van der Waals surface area contributed by atoms with Gasteiger partial charge < -0.3 is 14.9 Å². The van der Waals surface area contributed by atoms with Gasteiger partial charge in [-0.2, -0.15) is 0 Å². The van der Waals surface area contributed by atoms with Crippen molar-refractivity contribution in [1.82, 2.24) is 0 Å². The summed E-state index contributed by atoms with van der Waals surface area (Å²) >= 11 is 0. The highest BCUT2D eigenvalue weighted by Gasteiger charge is 2.22. The second-order valence-corrected chi connectivity index (χ2v) is 10.1. The number of benzene rings is 2. The summed E-state index contributed by atoms with van der Waals surface area (Å²) < 4.78 is 11.3. The van der Waals surface area contributed by atoms with Gasteiger partial charge in [0.1, 0.15) is 17.1 Å². The Kier molecular flexibility index (Phi) is 4.33. The number of rotatable bonds is 4. The molecule has 2 aromatic rings. The maximum Gasteiger partial charge on any atom is 0.347 e. The average Bonchev–Trinajstić information content (AvgIpc) is 2.37. The third-order valence-electron chi connectivity index (χ3n) is 2.60. The van der Waals surface area contributed by atoms with Crippen LogP contribution >= 0.6 is 0 Å². The Morgan fingerprint density at radius 1 is 1.05 bits per heavy atom. The number of nitrogen functional groups attached to an aromatic ring is 1. The van der Waals surface area contributed by atoms with E-state index in [4.69, 9.17) is 14.9 Å². The van der Waals surface area contributed by atoms with Crippen molar-refractivity contribution in [3.05, 3.63) is 54.1 Å². The molecule has 0 aliphatic carbocycles. The molecule has 110 valence electrons. The summed E-state index contributed by atoms with van der Waals surface area (Å²) in [6.07, 6.45) is 0. The molecule has 0 aliphatic rings. The molecule has 0 bridgehead atoms. The van der Waals surface area contributed by atoms with Crippen molar-refractivity contribution >= 4 is 20.0 Å². The van der Waals surface area contributed by atoms with E-state index in [1.54, 1.807) is 30.3 Å². The standard InChI is InChI=1S/C16H19NO3Si/c1-21(2,3)20-15-11-12(17)9-10-14(15)16(18)19-13-7-5-4-6-8-13/h4-11H,17H2,1-3H3. The Hall–Kier alpha value is -2.27. The maximum atomic E-state index is 12.3. The molecule has 2 aromatic carbocycles. The summed E-state index contributed by atoms with van der Waals surface area (Å²) in [6, 6.07) is 13.9. The highest BCUT2D eigenvalue weighted by atomic mass is 28.4. The van der Waals surface area contributed by atoms with E-state index in [9.17, 15) is 4.79 Å². The molecule has 0 saturated carbocycles. The lowest BCUT2D eigenvalue weighted by Gasteiger charge is -2.21. The van der Waals surface area contributed by atoms with Crippen molar-refractivity contribution in [2.45, 2.75) is 19.6 Å². The molecule has 0 heterocycles. The summed E-state index contributed by atoms with van der Waals surface area (Å²) in [4.78, 5) is 12.3. The Bertz CT molecular complexity index is 636. The first-order chi connectivity index (χ1) is 9.85. The lowest BCUT2D eigenvalue weighted by Crippen LogP contribution is -2.30. The van der Waals surface area contributed by atoms with E-state index >= 15 is 0 Å². The van der Waals surface area contributed by atoms with Gasteiger partial charge in [0.2, 0.25) is 8.32 Å². The van der Waals surface area contributed by atoms with Crippen LogP contribution in [0.2, 0.25) is 19.6 Å². The second-order valence-electron chi connectivity index (χ2n) is 5.67. The Morgan fingerprint density at radius 2 is 1.71 bits per heavy atom. The van der Waals surface area contributed by atoms with Crippen LogP contribution in [0.25, 0.3) is 0 Å². The van der Waals surface area contributed by atoms with Crippen LogP contribution in [0.4, 0.5) is 5.69 Å². The normalized spacial score (nSPS) is 11.0. The number of carbonyl (C=O) groups is 1. The van der Waals surface area contributed by atoms with Crippen LogP contribution in [-0.4, -0.2) is 14.3 Å². The minimum absolute atomic E-state index is 0.385. The van der Waals surface area contributed by atoms with Crippen molar-refractivity contribution in [2.24, 2.45) is 0 Å². The summed E-state index contributed by atoms with van der Waals surface area (Å²) in [5, 5.41) is 0. The van der Waals surface area contributed by atoms with Crippen molar-refractivity contribution in [3.63, 3.8) is 0 Å². The molecule has 0 fully saturated rings. The molecule has 2 rings (SSSR count). The first kappa shape index (κ1) is 15.1. The topological polar surface area (TPSA) is 61.5 Å². The molecular formula is C16H19NO3Si. The van der Waals surface area contributed by atoms with Crippen molar-refractivity contribution < 1.29 is 14.0 Å². The lowest BCUT2D eigenvalue weighted by atomic mass is 10.2. The van der Waals surface area contributed by atoms with E-state index in [0.717, 1.165) is 0 Å². The molecule has 0 saturated heterocycles. The predicted molar refractivity (Wildman–Crippen MR) is 86.2 cm³/mol. The van der Waals surface area contributed by atoms with Crippen LogP contribution in [0.1, 0.15) is 10.4 Å². The molecule has 21 heavy (non-hydrogen) atoms. The molecule has 4 nitrogen and oxygen atoms in total. The van der Waals surface area contributed by atoms with Crippen molar-refractivity contribution in [2.75, 3.05) is 5.73 Å². The number of nitrogens with two attached hydrogens (primary N) is 1. The van der Waals surface area contributed by atoms with Crippen LogP contribution in [0.15, 0.2) is 48.5 Å². The zero-order valence-electron chi connectivity index (χ0n) is 12.4. The van der Waals surface area contributed by atoms with Gasteiger partial charge in [0.05, 0.1) is 0 Å². The highest BCUT2D eigenvalue weighted by molar-refractivity contribution is 6.70. The number of para-hydroxylation sites is 1.